The molecule has 0 radical (unpaired) electrons. The molecule has 0 aromatic heterocycles. The van der Waals surface area contributed by atoms with Gasteiger partial charge in [0.05, 0.1) is 0 Å². The number of hydrogen-bond donors (Lipinski definition) is 0. The first-order valence-electron chi connectivity index (χ1n) is 14.7. The second-order valence-electron chi connectivity index (χ2n) is 11.5. The fourth-order valence-corrected chi connectivity index (χ4v) is 6.71. The van der Waals surface area contributed by atoms with E-state index in [1.807, 2.05) is 0 Å². The van der Waals surface area contributed by atoms with Crippen LogP contribution in [0.1, 0.15) is 11.1 Å². The molecule has 0 aliphatic carbocycles. The average Bonchev–Trinajstić information content (AvgIpc) is 3.03. The van der Waals surface area contributed by atoms with Crippen molar-refractivity contribution in [3.05, 3.63) is 157 Å². The molecule has 8 aromatic carbocycles. The SMILES string of the molecule is Cc1ccc2c(-c3cc4ccccc4cc3-c3ccccc3)c3cc(C)ccc3c(-c3ccc4ccccc4c3)c2c1. The maximum absolute atomic E-state index is 2.41. The molecule has 0 saturated carbocycles. The van der Waals surface area contributed by atoms with E-state index >= 15 is 0 Å². The van der Waals surface area contributed by atoms with Gasteiger partial charge >= 0.3 is 0 Å². The maximum Gasteiger partial charge on any atom is -0.00198 e. The van der Waals surface area contributed by atoms with Gasteiger partial charge in [0.25, 0.3) is 0 Å². The van der Waals surface area contributed by atoms with Gasteiger partial charge in [0.15, 0.2) is 0 Å². The summed E-state index contributed by atoms with van der Waals surface area (Å²) < 4.78 is 0. The molecular formula is C42H30. The molecule has 0 aliphatic heterocycles. The Labute approximate surface area is 246 Å². The van der Waals surface area contributed by atoms with Crippen LogP contribution in [0.25, 0.3) is 76.5 Å². The number of aryl methyl sites for hydroxylation is 2. The van der Waals surface area contributed by atoms with Gasteiger partial charge in [-0.3, -0.25) is 0 Å². The molecule has 198 valence electrons. The lowest BCUT2D eigenvalue weighted by Gasteiger charge is -2.21. The molecule has 0 saturated heterocycles. The molecule has 0 heteroatoms. The van der Waals surface area contributed by atoms with Crippen molar-refractivity contribution in [1.29, 1.82) is 0 Å². The summed E-state index contributed by atoms with van der Waals surface area (Å²) in [6.45, 7) is 4.41. The number of rotatable bonds is 3. The fourth-order valence-electron chi connectivity index (χ4n) is 6.71. The smallest absolute Gasteiger partial charge is 0.00198 e. The molecule has 42 heavy (non-hydrogen) atoms. The molecular weight excluding hydrogens is 504 g/mol. The van der Waals surface area contributed by atoms with Crippen LogP contribution in [0.4, 0.5) is 0 Å². The van der Waals surface area contributed by atoms with Crippen molar-refractivity contribution in [2.75, 3.05) is 0 Å². The van der Waals surface area contributed by atoms with Crippen molar-refractivity contribution in [2.24, 2.45) is 0 Å². The monoisotopic (exact) mass is 534 g/mol. The van der Waals surface area contributed by atoms with Crippen LogP contribution in [0.15, 0.2) is 146 Å². The van der Waals surface area contributed by atoms with Crippen molar-refractivity contribution in [3.63, 3.8) is 0 Å². The van der Waals surface area contributed by atoms with Crippen LogP contribution in [-0.2, 0) is 0 Å². The van der Waals surface area contributed by atoms with Crippen molar-refractivity contribution >= 4 is 43.1 Å². The summed E-state index contributed by atoms with van der Waals surface area (Å²) in [6, 6.07) is 53.9. The minimum absolute atomic E-state index is 1.23. The normalized spacial score (nSPS) is 11.6. The van der Waals surface area contributed by atoms with E-state index in [1.165, 1.54) is 87.6 Å². The second-order valence-corrected chi connectivity index (χ2v) is 11.5. The van der Waals surface area contributed by atoms with Crippen LogP contribution in [0, 0.1) is 13.8 Å². The summed E-state index contributed by atoms with van der Waals surface area (Å²) in [6.07, 6.45) is 0. The van der Waals surface area contributed by atoms with Crippen molar-refractivity contribution in [3.8, 4) is 33.4 Å². The summed E-state index contributed by atoms with van der Waals surface area (Å²) in [4.78, 5) is 0. The first-order valence-corrected chi connectivity index (χ1v) is 14.7. The van der Waals surface area contributed by atoms with Gasteiger partial charge in [0.2, 0.25) is 0 Å². The van der Waals surface area contributed by atoms with E-state index in [0.717, 1.165) is 0 Å². The molecule has 0 spiro atoms. The van der Waals surface area contributed by atoms with E-state index in [4.69, 9.17) is 0 Å². The van der Waals surface area contributed by atoms with Crippen molar-refractivity contribution < 1.29 is 0 Å². The molecule has 0 aliphatic rings. The maximum atomic E-state index is 2.41. The van der Waals surface area contributed by atoms with Gasteiger partial charge in [0, 0.05) is 0 Å². The van der Waals surface area contributed by atoms with E-state index in [-0.39, 0.29) is 0 Å². The molecule has 8 aromatic rings. The zero-order chi connectivity index (χ0) is 28.2. The molecule has 0 N–H and O–H groups in total. The van der Waals surface area contributed by atoms with Crippen molar-refractivity contribution in [2.45, 2.75) is 13.8 Å². The topological polar surface area (TPSA) is 0 Å². The van der Waals surface area contributed by atoms with E-state index < -0.39 is 0 Å². The third-order valence-corrected chi connectivity index (χ3v) is 8.71. The van der Waals surface area contributed by atoms with Gasteiger partial charge in [-0.15, -0.1) is 0 Å². The lowest BCUT2D eigenvalue weighted by molar-refractivity contribution is 1.49. The molecule has 0 nitrogen and oxygen atoms in total. The van der Waals surface area contributed by atoms with Crippen LogP contribution >= 0.6 is 0 Å². The van der Waals surface area contributed by atoms with Gasteiger partial charge in [0.1, 0.15) is 0 Å². The molecule has 0 bridgehead atoms. The van der Waals surface area contributed by atoms with Gasteiger partial charge in [-0.1, -0.05) is 139 Å². The van der Waals surface area contributed by atoms with E-state index in [0.29, 0.717) is 0 Å². The van der Waals surface area contributed by atoms with Gasteiger partial charge in [-0.05, 0) is 109 Å². The Kier molecular flexibility index (Phi) is 5.69. The Morgan fingerprint density at radius 1 is 0.310 bits per heavy atom. The number of fused-ring (bicyclic) bond motifs is 4. The Morgan fingerprint density at radius 2 is 0.833 bits per heavy atom. The predicted molar refractivity (Wildman–Crippen MR) is 182 cm³/mol. The van der Waals surface area contributed by atoms with E-state index in [9.17, 15) is 0 Å². The molecule has 0 fully saturated rings. The third-order valence-electron chi connectivity index (χ3n) is 8.71. The summed E-state index contributed by atoms with van der Waals surface area (Å²) in [5.74, 6) is 0. The zero-order valence-corrected chi connectivity index (χ0v) is 23.9. The zero-order valence-electron chi connectivity index (χ0n) is 23.9. The van der Waals surface area contributed by atoms with Crippen molar-refractivity contribution in [1.82, 2.24) is 0 Å². The van der Waals surface area contributed by atoms with E-state index in [1.54, 1.807) is 0 Å². The molecule has 0 unspecified atom stereocenters. The minimum Gasteiger partial charge on any atom is -0.0622 e. The molecule has 0 heterocycles. The van der Waals surface area contributed by atoms with Crippen LogP contribution in [-0.4, -0.2) is 0 Å². The first kappa shape index (κ1) is 24.6. The number of benzene rings is 8. The summed E-state index contributed by atoms with van der Waals surface area (Å²) in [5, 5.41) is 10.2. The van der Waals surface area contributed by atoms with Gasteiger partial charge in [-0.25, -0.2) is 0 Å². The number of hydrogen-bond acceptors (Lipinski definition) is 0. The van der Waals surface area contributed by atoms with Crippen LogP contribution < -0.4 is 0 Å². The highest BCUT2D eigenvalue weighted by Gasteiger charge is 2.20. The molecule has 0 atom stereocenters. The highest BCUT2D eigenvalue weighted by molar-refractivity contribution is 6.23. The quantitative estimate of drug-likeness (QED) is 0.198. The standard InChI is InChI=1S/C42H30/c1-27-17-21-36-38(22-27)41(34-19-18-29-10-6-7-13-31(29)24-34)35-20-16-28(2)23-39(35)42(36)40-26-33-15-9-8-14-32(33)25-37(40)30-11-4-3-5-12-30/h3-26H,1-2H3. The summed E-state index contributed by atoms with van der Waals surface area (Å²) >= 11 is 0. The molecule has 8 rings (SSSR count). The molecule has 0 amide bonds. The van der Waals surface area contributed by atoms with Crippen LogP contribution in [0.2, 0.25) is 0 Å². The minimum atomic E-state index is 1.23. The summed E-state index contributed by atoms with van der Waals surface area (Å²) in [5.41, 5.74) is 10.2. The second kappa shape index (κ2) is 9.72. The van der Waals surface area contributed by atoms with Crippen LogP contribution in [0.3, 0.4) is 0 Å². The summed E-state index contributed by atoms with van der Waals surface area (Å²) in [7, 11) is 0. The van der Waals surface area contributed by atoms with Gasteiger partial charge in [-0.2, -0.15) is 0 Å². The highest BCUT2D eigenvalue weighted by Crippen LogP contribution is 2.47. The predicted octanol–water partition coefficient (Wildman–Crippen LogP) is 11.9. The van der Waals surface area contributed by atoms with Gasteiger partial charge < -0.3 is 0 Å². The lowest BCUT2D eigenvalue weighted by Crippen LogP contribution is -1.94. The first-order chi connectivity index (χ1) is 20.6. The third kappa shape index (κ3) is 3.99. The Bertz CT molecular complexity index is 2300. The highest BCUT2D eigenvalue weighted by atomic mass is 14.2. The fraction of sp³-hybridized carbons (Fsp3) is 0.0476. The largest absolute Gasteiger partial charge is 0.0622 e. The Hall–Kier alpha value is -5.20. The average molecular weight is 535 g/mol. The Balaban J connectivity index is 1.56. The van der Waals surface area contributed by atoms with E-state index in [2.05, 4.69) is 159 Å². The van der Waals surface area contributed by atoms with Crippen LogP contribution in [0.5, 0.6) is 0 Å². The lowest BCUT2D eigenvalue weighted by atomic mass is 9.82. The Morgan fingerprint density at radius 3 is 1.50 bits per heavy atom.